The minimum Gasteiger partial charge on any atom is -0.465 e. The number of fused-ring (bicyclic) bond motifs is 1. The molecule has 1 aromatic heterocycles. The Labute approximate surface area is 126 Å². The first-order valence-electron chi connectivity index (χ1n) is 6.79. The van der Waals surface area contributed by atoms with Crippen molar-refractivity contribution in [1.82, 2.24) is 9.55 Å². The highest BCUT2D eigenvalue weighted by molar-refractivity contribution is 5.90. The molecule has 0 spiro atoms. The standard InChI is InChI=1S/C17H14N2O3/c1-11-18-15-9-4-3-8-14(15)16(20)19(11)13-7-5-6-12(10-13)17(21)22-2/h3-10H,1-2H3. The molecule has 0 atom stereocenters. The van der Waals surface area contributed by atoms with E-state index in [1.54, 1.807) is 49.4 Å². The highest BCUT2D eigenvalue weighted by atomic mass is 16.5. The van der Waals surface area contributed by atoms with Crippen LogP contribution in [0.5, 0.6) is 0 Å². The number of methoxy groups -OCH3 is 1. The van der Waals surface area contributed by atoms with E-state index in [1.165, 1.54) is 11.7 Å². The Hall–Kier alpha value is -2.95. The van der Waals surface area contributed by atoms with Crippen LogP contribution in [0, 0.1) is 6.92 Å². The van der Waals surface area contributed by atoms with E-state index in [9.17, 15) is 9.59 Å². The summed E-state index contributed by atoms with van der Waals surface area (Å²) in [6.07, 6.45) is 0. The maximum Gasteiger partial charge on any atom is 0.337 e. The summed E-state index contributed by atoms with van der Waals surface area (Å²) in [6, 6.07) is 13.9. The van der Waals surface area contributed by atoms with E-state index in [0.717, 1.165) is 0 Å². The molecular weight excluding hydrogens is 280 g/mol. The van der Waals surface area contributed by atoms with Crippen molar-refractivity contribution in [3.63, 3.8) is 0 Å². The monoisotopic (exact) mass is 294 g/mol. The number of carbonyl (C=O) groups excluding carboxylic acids is 1. The maximum absolute atomic E-state index is 12.7. The lowest BCUT2D eigenvalue weighted by Gasteiger charge is -2.11. The molecule has 5 nitrogen and oxygen atoms in total. The van der Waals surface area contributed by atoms with Crippen molar-refractivity contribution in [3.8, 4) is 5.69 Å². The van der Waals surface area contributed by atoms with Crippen LogP contribution in [0.4, 0.5) is 0 Å². The summed E-state index contributed by atoms with van der Waals surface area (Å²) < 4.78 is 6.21. The molecule has 0 unspecified atom stereocenters. The van der Waals surface area contributed by atoms with Gasteiger partial charge in [-0.1, -0.05) is 18.2 Å². The van der Waals surface area contributed by atoms with Crippen LogP contribution in [-0.4, -0.2) is 22.6 Å². The zero-order chi connectivity index (χ0) is 15.7. The van der Waals surface area contributed by atoms with Gasteiger partial charge in [-0.2, -0.15) is 0 Å². The Morgan fingerprint density at radius 2 is 1.91 bits per heavy atom. The normalized spacial score (nSPS) is 10.6. The molecule has 1 heterocycles. The van der Waals surface area contributed by atoms with E-state index in [-0.39, 0.29) is 5.56 Å². The molecule has 0 fully saturated rings. The summed E-state index contributed by atoms with van der Waals surface area (Å²) in [6.45, 7) is 1.76. The average molecular weight is 294 g/mol. The average Bonchev–Trinajstić information content (AvgIpc) is 2.54. The Morgan fingerprint density at radius 1 is 1.14 bits per heavy atom. The number of hydrogen-bond acceptors (Lipinski definition) is 4. The lowest BCUT2D eigenvalue weighted by atomic mass is 10.2. The summed E-state index contributed by atoms with van der Waals surface area (Å²) in [7, 11) is 1.32. The molecule has 22 heavy (non-hydrogen) atoms. The second-order valence-corrected chi connectivity index (χ2v) is 4.86. The van der Waals surface area contributed by atoms with Crippen LogP contribution in [0.1, 0.15) is 16.2 Å². The van der Waals surface area contributed by atoms with Gasteiger partial charge in [0.15, 0.2) is 0 Å². The first-order chi connectivity index (χ1) is 10.6. The van der Waals surface area contributed by atoms with E-state index in [2.05, 4.69) is 4.98 Å². The zero-order valence-corrected chi connectivity index (χ0v) is 12.2. The van der Waals surface area contributed by atoms with Crippen LogP contribution in [-0.2, 0) is 4.74 Å². The van der Waals surface area contributed by atoms with Crippen molar-refractivity contribution in [3.05, 3.63) is 70.3 Å². The largest absolute Gasteiger partial charge is 0.465 e. The van der Waals surface area contributed by atoms with Crippen molar-refractivity contribution >= 4 is 16.9 Å². The number of hydrogen-bond donors (Lipinski definition) is 0. The van der Waals surface area contributed by atoms with E-state index in [4.69, 9.17) is 4.74 Å². The molecule has 0 aliphatic carbocycles. The minimum atomic E-state index is -0.443. The van der Waals surface area contributed by atoms with Crippen LogP contribution in [0.3, 0.4) is 0 Å². The fourth-order valence-corrected chi connectivity index (χ4v) is 2.44. The minimum absolute atomic E-state index is 0.162. The molecule has 3 aromatic rings. The fourth-order valence-electron chi connectivity index (χ4n) is 2.44. The second kappa shape index (κ2) is 5.44. The molecule has 2 aromatic carbocycles. The highest BCUT2D eigenvalue weighted by Crippen LogP contribution is 2.14. The predicted octanol–water partition coefficient (Wildman–Crippen LogP) is 2.48. The van der Waals surface area contributed by atoms with Crippen molar-refractivity contribution in [2.45, 2.75) is 6.92 Å². The molecule has 0 radical (unpaired) electrons. The van der Waals surface area contributed by atoms with Gasteiger partial charge in [0, 0.05) is 0 Å². The van der Waals surface area contributed by atoms with E-state index in [0.29, 0.717) is 28.0 Å². The third kappa shape index (κ3) is 2.26. The topological polar surface area (TPSA) is 61.2 Å². The SMILES string of the molecule is COC(=O)c1cccc(-n2c(C)nc3ccccc3c2=O)c1. The van der Waals surface area contributed by atoms with Crippen molar-refractivity contribution in [1.29, 1.82) is 0 Å². The molecule has 0 aliphatic rings. The van der Waals surface area contributed by atoms with Gasteiger partial charge in [-0.15, -0.1) is 0 Å². The van der Waals surface area contributed by atoms with Crippen molar-refractivity contribution in [2.75, 3.05) is 7.11 Å². The number of aryl methyl sites for hydroxylation is 1. The summed E-state index contributed by atoms with van der Waals surface area (Å²) in [5.41, 5.74) is 1.47. The van der Waals surface area contributed by atoms with Crippen LogP contribution in [0.25, 0.3) is 16.6 Å². The molecule has 0 N–H and O–H groups in total. The number of benzene rings is 2. The maximum atomic E-state index is 12.7. The van der Waals surface area contributed by atoms with Gasteiger partial charge in [0.05, 0.1) is 29.3 Å². The molecule has 3 rings (SSSR count). The molecule has 0 saturated heterocycles. The third-order valence-electron chi connectivity index (χ3n) is 3.47. The van der Waals surface area contributed by atoms with Gasteiger partial charge in [0.25, 0.3) is 5.56 Å². The molecule has 0 bridgehead atoms. The van der Waals surface area contributed by atoms with Gasteiger partial charge < -0.3 is 4.74 Å². The molecular formula is C17H14N2O3. The Morgan fingerprint density at radius 3 is 2.68 bits per heavy atom. The zero-order valence-electron chi connectivity index (χ0n) is 12.2. The lowest BCUT2D eigenvalue weighted by molar-refractivity contribution is 0.0600. The summed E-state index contributed by atoms with van der Waals surface area (Å²) in [5.74, 6) is 0.118. The molecule has 0 amide bonds. The second-order valence-electron chi connectivity index (χ2n) is 4.86. The van der Waals surface area contributed by atoms with E-state index < -0.39 is 5.97 Å². The Kier molecular flexibility index (Phi) is 3.47. The molecule has 0 aliphatic heterocycles. The predicted molar refractivity (Wildman–Crippen MR) is 83.4 cm³/mol. The first-order valence-corrected chi connectivity index (χ1v) is 6.79. The van der Waals surface area contributed by atoms with Gasteiger partial charge >= 0.3 is 5.97 Å². The number of esters is 1. The van der Waals surface area contributed by atoms with Gasteiger partial charge in [0.1, 0.15) is 5.82 Å². The van der Waals surface area contributed by atoms with Gasteiger partial charge in [0.2, 0.25) is 0 Å². The quantitative estimate of drug-likeness (QED) is 0.681. The van der Waals surface area contributed by atoms with Gasteiger partial charge in [-0.25, -0.2) is 9.78 Å². The molecule has 5 heteroatoms. The molecule has 0 saturated carbocycles. The number of aromatic nitrogens is 2. The van der Waals surface area contributed by atoms with Crippen LogP contribution < -0.4 is 5.56 Å². The first kappa shape index (κ1) is 14.0. The number of ether oxygens (including phenoxy) is 1. The van der Waals surface area contributed by atoms with Gasteiger partial charge in [-0.3, -0.25) is 9.36 Å². The molecule has 110 valence electrons. The highest BCUT2D eigenvalue weighted by Gasteiger charge is 2.12. The van der Waals surface area contributed by atoms with Crippen LogP contribution in [0.2, 0.25) is 0 Å². The van der Waals surface area contributed by atoms with Crippen LogP contribution in [0.15, 0.2) is 53.3 Å². The van der Waals surface area contributed by atoms with Crippen molar-refractivity contribution in [2.24, 2.45) is 0 Å². The van der Waals surface area contributed by atoms with E-state index >= 15 is 0 Å². The number of carbonyl (C=O) groups is 1. The third-order valence-corrected chi connectivity index (χ3v) is 3.47. The summed E-state index contributed by atoms with van der Waals surface area (Å²) >= 11 is 0. The Bertz CT molecular complexity index is 929. The van der Waals surface area contributed by atoms with E-state index in [1.807, 2.05) is 6.07 Å². The Balaban J connectivity index is 2.27. The number of para-hydroxylation sites is 1. The lowest BCUT2D eigenvalue weighted by Crippen LogP contribution is -2.22. The number of nitrogens with zero attached hydrogens (tertiary/aromatic N) is 2. The van der Waals surface area contributed by atoms with Gasteiger partial charge in [-0.05, 0) is 37.3 Å². The number of rotatable bonds is 2. The van der Waals surface area contributed by atoms with Crippen LogP contribution >= 0.6 is 0 Å². The summed E-state index contributed by atoms with van der Waals surface area (Å²) in [4.78, 5) is 28.8. The smallest absolute Gasteiger partial charge is 0.337 e. The summed E-state index contributed by atoms with van der Waals surface area (Å²) in [5, 5.41) is 0.538. The fraction of sp³-hybridized carbons (Fsp3) is 0.118. The van der Waals surface area contributed by atoms with Crippen molar-refractivity contribution < 1.29 is 9.53 Å².